The molecule has 2 unspecified atom stereocenters. The molecule has 0 saturated heterocycles. The molecule has 0 N–H and O–H groups in total. The van der Waals surface area contributed by atoms with Gasteiger partial charge in [0.1, 0.15) is 0 Å². The van der Waals surface area contributed by atoms with Crippen LogP contribution in [0.5, 0.6) is 0 Å². The highest BCUT2D eigenvalue weighted by molar-refractivity contribution is 7.36. The van der Waals surface area contributed by atoms with Crippen LogP contribution in [0.3, 0.4) is 0 Å². The topological polar surface area (TPSA) is 0 Å². The quantitative estimate of drug-likeness (QED) is 0.445. The summed E-state index contributed by atoms with van der Waals surface area (Å²) in [5.74, 6) is 4.55. The van der Waals surface area contributed by atoms with Gasteiger partial charge in [-0.3, -0.25) is 0 Å². The molecule has 2 aromatic heterocycles. The molecule has 4 rings (SSSR count). The van der Waals surface area contributed by atoms with Crippen LogP contribution in [0.25, 0.3) is 21.0 Å². The molecule has 0 saturated carbocycles. The van der Waals surface area contributed by atoms with E-state index in [0.29, 0.717) is 0 Å². The van der Waals surface area contributed by atoms with Crippen LogP contribution in [-0.4, -0.2) is 0 Å². The summed E-state index contributed by atoms with van der Waals surface area (Å²) >= 11 is 0. The van der Waals surface area contributed by atoms with Gasteiger partial charge in [-0.05, 0) is 50.2 Å². The summed E-state index contributed by atoms with van der Waals surface area (Å²) in [6.07, 6.45) is 1.04. The zero-order chi connectivity index (χ0) is 12.7. The molecule has 2 atom stereocenters. The summed E-state index contributed by atoms with van der Waals surface area (Å²) in [6.45, 7) is 0. The van der Waals surface area contributed by atoms with E-state index in [1.54, 1.807) is 0 Å². The van der Waals surface area contributed by atoms with Crippen molar-refractivity contribution in [3.8, 4) is 0 Å². The van der Waals surface area contributed by atoms with E-state index in [1.165, 1.54) is 32.1 Å². The lowest BCUT2D eigenvalue weighted by atomic mass is 10.0. The predicted octanol–water partition coefficient (Wildman–Crippen LogP) is 5.65. The second kappa shape index (κ2) is 4.57. The Bertz CT molecular complexity index is 780. The number of hydrogen-bond acceptors (Lipinski definition) is 0. The van der Waals surface area contributed by atoms with Crippen molar-refractivity contribution in [2.45, 2.75) is 6.42 Å². The summed E-state index contributed by atoms with van der Waals surface area (Å²) in [5.41, 5.74) is 2.83. The summed E-state index contributed by atoms with van der Waals surface area (Å²) in [6, 6.07) is 18.3. The molecule has 19 heavy (non-hydrogen) atoms. The second-order valence-corrected chi connectivity index (χ2v) is 7.30. The standard InChI is InChI=1S/C17H14P2/c1-3-16-14(5-7-18-16)10-12(1)9-13-2-4-17-15(11-13)6-8-19-17/h1-8,10-11,18-19H,9H2. The van der Waals surface area contributed by atoms with Crippen molar-refractivity contribution >= 4 is 37.4 Å². The molecule has 92 valence electrons. The van der Waals surface area contributed by atoms with Gasteiger partial charge in [0.05, 0.1) is 0 Å². The fourth-order valence-corrected chi connectivity index (χ4v) is 4.55. The van der Waals surface area contributed by atoms with Crippen molar-refractivity contribution in [3.05, 3.63) is 71.3 Å². The average molecular weight is 280 g/mol. The van der Waals surface area contributed by atoms with Crippen molar-refractivity contribution in [1.29, 1.82) is 0 Å². The Morgan fingerprint density at radius 1 is 0.632 bits per heavy atom. The lowest BCUT2D eigenvalue weighted by Crippen LogP contribution is -1.87. The molecule has 0 amide bonds. The van der Waals surface area contributed by atoms with Crippen LogP contribution in [-0.2, 0) is 6.42 Å². The number of rotatable bonds is 2. The zero-order valence-corrected chi connectivity index (χ0v) is 12.5. The Hall–Kier alpha value is -1.48. The van der Waals surface area contributed by atoms with E-state index in [9.17, 15) is 0 Å². The minimum Gasteiger partial charge on any atom is -0.132 e. The number of hydrogen-bond donors (Lipinski definition) is 0. The van der Waals surface area contributed by atoms with Gasteiger partial charge in [0.15, 0.2) is 0 Å². The van der Waals surface area contributed by atoms with Gasteiger partial charge in [-0.15, -0.1) is 16.4 Å². The molecular formula is C17H14P2. The largest absolute Gasteiger partial charge is 0.132 e. The van der Waals surface area contributed by atoms with Crippen molar-refractivity contribution in [3.63, 3.8) is 0 Å². The van der Waals surface area contributed by atoms with Crippen LogP contribution in [0.15, 0.2) is 60.1 Å². The van der Waals surface area contributed by atoms with Gasteiger partial charge in [0.2, 0.25) is 0 Å². The molecule has 0 aliphatic heterocycles. The number of fused-ring (bicyclic) bond motifs is 2. The maximum atomic E-state index is 2.34. The number of benzene rings is 2. The van der Waals surface area contributed by atoms with Gasteiger partial charge in [0, 0.05) is 0 Å². The van der Waals surface area contributed by atoms with Crippen LogP contribution in [0, 0.1) is 0 Å². The SMILES string of the molecule is c1cc2cc(Cc3ccc4[pH]ccc4c3)ccc2[pH]1. The Morgan fingerprint density at radius 3 is 1.68 bits per heavy atom. The van der Waals surface area contributed by atoms with Crippen LogP contribution in [0.1, 0.15) is 11.1 Å². The highest BCUT2D eigenvalue weighted by Crippen LogP contribution is 2.28. The van der Waals surface area contributed by atoms with E-state index < -0.39 is 0 Å². The Labute approximate surface area is 115 Å². The van der Waals surface area contributed by atoms with E-state index >= 15 is 0 Å². The first-order valence-corrected chi connectivity index (χ1v) is 8.66. The molecule has 2 heterocycles. The van der Waals surface area contributed by atoms with E-state index in [2.05, 4.69) is 60.1 Å². The average Bonchev–Trinajstić information content (AvgIpc) is 3.05. The summed E-state index contributed by atoms with van der Waals surface area (Å²) in [5, 5.41) is 5.81. The minimum atomic E-state index is 0.860. The fraction of sp³-hybridized carbons (Fsp3) is 0.0588. The van der Waals surface area contributed by atoms with E-state index in [0.717, 1.165) is 22.8 Å². The maximum Gasteiger partial charge on any atom is -0.00181 e. The van der Waals surface area contributed by atoms with Gasteiger partial charge in [-0.25, -0.2) is 0 Å². The molecule has 0 radical (unpaired) electrons. The van der Waals surface area contributed by atoms with Crippen molar-refractivity contribution in [2.75, 3.05) is 0 Å². The molecule has 0 fully saturated rings. The molecule has 0 aliphatic carbocycles. The first-order chi connectivity index (χ1) is 9.38. The maximum absolute atomic E-state index is 2.34. The van der Waals surface area contributed by atoms with Crippen LogP contribution in [0.4, 0.5) is 0 Å². The highest BCUT2D eigenvalue weighted by atomic mass is 31.0. The third kappa shape index (κ3) is 2.12. The third-order valence-electron chi connectivity index (χ3n) is 3.64. The van der Waals surface area contributed by atoms with E-state index in [-0.39, 0.29) is 0 Å². The predicted molar refractivity (Wildman–Crippen MR) is 89.7 cm³/mol. The van der Waals surface area contributed by atoms with E-state index in [1.807, 2.05) is 0 Å². The van der Waals surface area contributed by atoms with Gasteiger partial charge in [-0.1, -0.05) is 48.5 Å². The smallest absolute Gasteiger partial charge is 0.00181 e. The Morgan fingerprint density at radius 2 is 1.16 bits per heavy atom. The molecule has 0 spiro atoms. The van der Waals surface area contributed by atoms with Crippen LogP contribution >= 0.6 is 16.4 Å². The first kappa shape index (κ1) is 11.4. The summed E-state index contributed by atoms with van der Waals surface area (Å²) < 4.78 is 0. The summed E-state index contributed by atoms with van der Waals surface area (Å²) in [7, 11) is 1.72. The van der Waals surface area contributed by atoms with Gasteiger partial charge in [0.25, 0.3) is 0 Å². The summed E-state index contributed by atoms with van der Waals surface area (Å²) in [4.78, 5) is 0. The molecule has 0 aliphatic rings. The Kier molecular flexibility index (Phi) is 2.73. The zero-order valence-electron chi connectivity index (χ0n) is 10.5. The molecule has 4 aromatic rings. The van der Waals surface area contributed by atoms with Crippen LogP contribution in [0.2, 0.25) is 0 Å². The van der Waals surface area contributed by atoms with E-state index in [4.69, 9.17) is 0 Å². The molecule has 0 bridgehead atoms. The molecule has 2 aromatic carbocycles. The fourth-order valence-electron chi connectivity index (χ4n) is 2.66. The lowest BCUT2D eigenvalue weighted by Gasteiger charge is -2.03. The van der Waals surface area contributed by atoms with Crippen molar-refractivity contribution in [2.24, 2.45) is 0 Å². The first-order valence-electron chi connectivity index (χ1n) is 6.50. The molecular weight excluding hydrogens is 266 g/mol. The van der Waals surface area contributed by atoms with Crippen molar-refractivity contribution in [1.82, 2.24) is 0 Å². The third-order valence-corrected chi connectivity index (χ3v) is 5.84. The van der Waals surface area contributed by atoms with Gasteiger partial charge < -0.3 is 0 Å². The molecule has 2 heteroatoms. The highest BCUT2D eigenvalue weighted by Gasteiger charge is 2.01. The van der Waals surface area contributed by atoms with Crippen LogP contribution < -0.4 is 0 Å². The second-order valence-electron chi connectivity index (χ2n) is 4.98. The molecule has 0 nitrogen and oxygen atoms in total. The van der Waals surface area contributed by atoms with Crippen molar-refractivity contribution < 1.29 is 0 Å². The van der Waals surface area contributed by atoms with Gasteiger partial charge in [-0.2, -0.15) is 0 Å². The normalized spacial score (nSPS) is 12.2. The van der Waals surface area contributed by atoms with Gasteiger partial charge >= 0.3 is 0 Å². The lowest BCUT2D eigenvalue weighted by molar-refractivity contribution is 1.21. The monoisotopic (exact) mass is 280 g/mol. The Balaban J connectivity index is 1.72. The minimum absolute atomic E-state index is 0.860.